The Labute approximate surface area is 152 Å². The van der Waals surface area contributed by atoms with Gasteiger partial charge < -0.3 is 11.1 Å². The molecule has 2 aromatic carbocycles. The predicted molar refractivity (Wildman–Crippen MR) is 94.8 cm³/mol. The third-order valence-corrected chi connectivity index (χ3v) is 4.45. The minimum absolute atomic E-state index is 0.232. The third-order valence-electron chi connectivity index (χ3n) is 3.19. The Morgan fingerprint density at radius 3 is 2.30 bits per heavy atom. The summed E-state index contributed by atoms with van der Waals surface area (Å²) in [4.78, 5) is 23.9. The zero-order valence-corrected chi connectivity index (χ0v) is 15.0. The minimum Gasteiger partial charge on any atom is -0.368 e. The third kappa shape index (κ3) is 4.96. The highest BCUT2D eigenvalue weighted by Crippen LogP contribution is 2.22. The van der Waals surface area contributed by atoms with Crippen LogP contribution >= 0.6 is 39.1 Å². The first-order chi connectivity index (χ1) is 10.9. The summed E-state index contributed by atoms with van der Waals surface area (Å²) < 4.78 is 0.786. The average molecular weight is 416 g/mol. The molecule has 0 saturated heterocycles. The highest BCUT2D eigenvalue weighted by atomic mass is 79.9. The summed E-state index contributed by atoms with van der Waals surface area (Å²) in [7, 11) is 0. The molecule has 0 unspecified atom stereocenters. The monoisotopic (exact) mass is 414 g/mol. The van der Waals surface area contributed by atoms with E-state index in [1.807, 2.05) is 0 Å². The van der Waals surface area contributed by atoms with Crippen molar-refractivity contribution in [3.05, 3.63) is 68.1 Å². The lowest BCUT2D eigenvalue weighted by Gasteiger charge is -2.16. The van der Waals surface area contributed by atoms with Gasteiger partial charge in [0, 0.05) is 26.5 Å². The first-order valence-electron chi connectivity index (χ1n) is 6.66. The topological polar surface area (TPSA) is 72.2 Å². The molecule has 3 N–H and O–H groups in total. The molecular weight excluding hydrogens is 403 g/mol. The summed E-state index contributed by atoms with van der Waals surface area (Å²) in [5.41, 5.74) is 6.57. The van der Waals surface area contributed by atoms with Crippen molar-refractivity contribution in [3.63, 3.8) is 0 Å². The summed E-state index contributed by atoms with van der Waals surface area (Å²) in [6, 6.07) is 10.7. The van der Waals surface area contributed by atoms with Crippen molar-refractivity contribution in [3.8, 4) is 0 Å². The van der Waals surface area contributed by atoms with Gasteiger partial charge in [0.2, 0.25) is 5.91 Å². The molecule has 120 valence electrons. The van der Waals surface area contributed by atoms with E-state index in [0.717, 1.165) is 10.0 Å². The molecule has 0 spiro atoms. The van der Waals surface area contributed by atoms with Gasteiger partial charge in [-0.3, -0.25) is 9.59 Å². The number of benzene rings is 2. The van der Waals surface area contributed by atoms with E-state index < -0.39 is 17.9 Å². The van der Waals surface area contributed by atoms with Crippen LogP contribution in [-0.4, -0.2) is 17.9 Å². The van der Waals surface area contributed by atoms with Crippen molar-refractivity contribution in [1.82, 2.24) is 5.32 Å². The average Bonchev–Trinajstić information content (AvgIpc) is 2.50. The van der Waals surface area contributed by atoms with Crippen LogP contribution in [-0.2, 0) is 11.2 Å². The van der Waals surface area contributed by atoms with Crippen LogP contribution in [0.2, 0.25) is 10.0 Å². The number of nitrogens with two attached hydrogens (primary N) is 1. The Balaban J connectivity index is 2.15. The summed E-state index contributed by atoms with van der Waals surface area (Å²) in [6.45, 7) is 0. The summed E-state index contributed by atoms with van der Waals surface area (Å²) >= 11 is 15.1. The molecule has 0 bridgehead atoms. The lowest BCUT2D eigenvalue weighted by molar-refractivity contribution is -0.119. The molecule has 7 heteroatoms. The van der Waals surface area contributed by atoms with Gasteiger partial charge in [-0.15, -0.1) is 0 Å². The fraction of sp³-hybridized carbons (Fsp3) is 0.125. The number of amides is 2. The maximum atomic E-state index is 12.2. The molecule has 0 aromatic heterocycles. The van der Waals surface area contributed by atoms with Gasteiger partial charge in [0.15, 0.2) is 0 Å². The van der Waals surface area contributed by atoms with E-state index in [-0.39, 0.29) is 6.42 Å². The minimum atomic E-state index is -0.854. The van der Waals surface area contributed by atoms with E-state index in [2.05, 4.69) is 21.2 Å². The van der Waals surface area contributed by atoms with Gasteiger partial charge in [0.25, 0.3) is 5.91 Å². The van der Waals surface area contributed by atoms with Gasteiger partial charge in [-0.05, 0) is 48.0 Å². The summed E-state index contributed by atoms with van der Waals surface area (Å²) in [5.74, 6) is -1.03. The van der Waals surface area contributed by atoms with Gasteiger partial charge >= 0.3 is 0 Å². The van der Waals surface area contributed by atoms with Crippen LogP contribution in [0.1, 0.15) is 15.9 Å². The van der Waals surface area contributed by atoms with Crippen LogP contribution < -0.4 is 11.1 Å². The Hall–Kier alpha value is -1.56. The first kappa shape index (κ1) is 17.8. The van der Waals surface area contributed by atoms with Crippen LogP contribution in [0, 0.1) is 0 Å². The molecule has 1 atom stereocenters. The van der Waals surface area contributed by atoms with Crippen molar-refractivity contribution in [2.24, 2.45) is 5.73 Å². The Bertz CT molecular complexity index is 735. The SMILES string of the molecule is NC(=O)[C@H](Cc1cc(Cl)ccc1Br)NC(=O)c1ccc(Cl)cc1. The van der Waals surface area contributed by atoms with Gasteiger partial charge in [-0.2, -0.15) is 0 Å². The fourth-order valence-corrected chi connectivity index (χ4v) is 2.71. The Morgan fingerprint density at radius 2 is 1.70 bits per heavy atom. The number of carbonyl (C=O) groups is 2. The van der Waals surface area contributed by atoms with Gasteiger partial charge in [-0.25, -0.2) is 0 Å². The van der Waals surface area contributed by atoms with Crippen molar-refractivity contribution in [2.75, 3.05) is 0 Å². The molecule has 0 heterocycles. The molecule has 0 fully saturated rings. The van der Waals surface area contributed by atoms with Crippen molar-refractivity contribution in [1.29, 1.82) is 0 Å². The van der Waals surface area contributed by atoms with Crippen LogP contribution in [0.4, 0.5) is 0 Å². The number of hydrogen-bond acceptors (Lipinski definition) is 2. The highest BCUT2D eigenvalue weighted by Gasteiger charge is 2.20. The van der Waals surface area contributed by atoms with Crippen LogP contribution in [0.25, 0.3) is 0 Å². The van der Waals surface area contributed by atoms with Crippen molar-refractivity contribution >= 4 is 50.9 Å². The second-order valence-corrected chi connectivity index (χ2v) is 6.60. The fourth-order valence-electron chi connectivity index (χ4n) is 1.99. The smallest absolute Gasteiger partial charge is 0.251 e. The number of halogens is 3. The number of primary amides is 1. The standard InChI is InChI=1S/C16H13BrCl2N2O2/c17-13-6-5-12(19)7-10(13)8-14(15(20)22)21-16(23)9-1-3-11(18)4-2-9/h1-7,14H,8H2,(H2,20,22)(H,21,23)/t14-/m0/s1. The largest absolute Gasteiger partial charge is 0.368 e. The molecule has 4 nitrogen and oxygen atoms in total. The number of rotatable bonds is 5. The lowest BCUT2D eigenvalue weighted by atomic mass is 10.0. The molecule has 2 amide bonds. The predicted octanol–water partition coefficient (Wildman–Crippen LogP) is 3.58. The van der Waals surface area contributed by atoms with E-state index in [9.17, 15) is 9.59 Å². The molecule has 0 saturated carbocycles. The molecule has 0 radical (unpaired) electrons. The molecule has 23 heavy (non-hydrogen) atoms. The molecule has 2 rings (SSSR count). The normalized spacial score (nSPS) is 11.8. The number of hydrogen-bond donors (Lipinski definition) is 2. The number of carbonyl (C=O) groups excluding carboxylic acids is 2. The zero-order chi connectivity index (χ0) is 17.0. The van der Waals surface area contributed by atoms with Gasteiger partial charge in [0.05, 0.1) is 0 Å². The van der Waals surface area contributed by atoms with Crippen molar-refractivity contribution < 1.29 is 9.59 Å². The zero-order valence-electron chi connectivity index (χ0n) is 11.9. The second kappa shape index (κ2) is 7.81. The van der Waals surface area contributed by atoms with Crippen LogP contribution in [0.5, 0.6) is 0 Å². The van der Waals surface area contributed by atoms with Gasteiger partial charge in [0.1, 0.15) is 6.04 Å². The Morgan fingerprint density at radius 1 is 1.09 bits per heavy atom. The first-order valence-corrected chi connectivity index (χ1v) is 8.21. The number of nitrogens with one attached hydrogen (secondary N) is 1. The van der Waals surface area contributed by atoms with Crippen LogP contribution in [0.3, 0.4) is 0 Å². The van der Waals surface area contributed by atoms with E-state index in [4.69, 9.17) is 28.9 Å². The Kier molecular flexibility index (Phi) is 6.04. The quantitative estimate of drug-likeness (QED) is 0.783. The van der Waals surface area contributed by atoms with Gasteiger partial charge in [-0.1, -0.05) is 39.1 Å². The van der Waals surface area contributed by atoms with Crippen molar-refractivity contribution in [2.45, 2.75) is 12.5 Å². The molecular formula is C16H13BrCl2N2O2. The lowest BCUT2D eigenvalue weighted by Crippen LogP contribution is -2.45. The summed E-state index contributed by atoms with van der Waals surface area (Å²) in [6.07, 6.45) is 0.232. The maximum Gasteiger partial charge on any atom is 0.251 e. The highest BCUT2D eigenvalue weighted by molar-refractivity contribution is 9.10. The second-order valence-electron chi connectivity index (χ2n) is 4.88. The molecule has 0 aliphatic rings. The van der Waals surface area contributed by atoms with E-state index in [1.165, 1.54) is 0 Å². The van der Waals surface area contributed by atoms with Crippen LogP contribution in [0.15, 0.2) is 46.9 Å². The molecule has 0 aliphatic carbocycles. The molecule has 2 aromatic rings. The molecule has 0 aliphatic heterocycles. The van der Waals surface area contributed by atoms with E-state index in [0.29, 0.717) is 15.6 Å². The van der Waals surface area contributed by atoms with E-state index >= 15 is 0 Å². The summed E-state index contributed by atoms with van der Waals surface area (Å²) in [5, 5.41) is 3.69. The van der Waals surface area contributed by atoms with E-state index in [1.54, 1.807) is 42.5 Å². The maximum absolute atomic E-state index is 12.2.